The molecule has 0 N–H and O–H groups in total. The van der Waals surface area contributed by atoms with Crippen molar-refractivity contribution in [2.45, 2.75) is 13.5 Å². The van der Waals surface area contributed by atoms with E-state index in [2.05, 4.69) is 4.98 Å². The molecule has 0 unspecified atom stereocenters. The van der Waals surface area contributed by atoms with Gasteiger partial charge in [0.1, 0.15) is 17.3 Å². The highest BCUT2D eigenvalue weighted by Crippen LogP contribution is 2.22. The molecule has 0 aliphatic carbocycles. The first-order chi connectivity index (χ1) is 13.0. The fourth-order valence-corrected chi connectivity index (χ4v) is 3.02. The predicted octanol–water partition coefficient (Wildman–Crippen LogP) is 4.66. The SMILES string of the molecule is Cc1ccc2oc(C(=O)OCc3cc4ccccc4nc3Cl)cc(=O)c2c1. The molecule has 0 bridgehead atoms. The van der Waals surface area contributed by atoms with Gasteiger partial charge in [0.2, 0.25) is 5.76 Å². The summed E-state index contributed by atoms with van der Waals surface area (Å²) in [6.07, 6.45) is 0. The number of pyridine rings is 1. The highest BCUT2D eigenvalue weighted by atomic mass is 35.5. The summed E-state index contributed by atoms with van der Waals surface area (Å²) < 4.78 is 10.8. The Balaban J connectivity index is 1.59. The Morgan fingerprint density at radius 1 is 1.15 bits per heavy atom. The average molecular weight is 380 g/mol. The summed E-state index contributed by atoms with van der Waals surface area (Å²) in [5.74, 6) is -0.889. The van der Waals surface area contributed by atoms with Crippen molar-refractivity contribution >= 4 is 39.4 Å². The number of halogens is 1. The summed E-state index contributed by atoms with van der Waals surface area (Å²) >= 11 is 6.17. The third kappa shape index (κ3) is 3.41. The van der Waals surface area contributed by atoms with E-state index in [0.717, 1.165) is 22.5 Å². The molecule has 27 heavy (non-hydrogen) atoms. The maximum atomic E-state index is 12.3. The van der Waals surface area contributed by atoms with E-state index in [0.29, 0.717) is 16.5 Å². The first kappa shape index (κ1) is 17.2. The van der Waals surface area contributed by atoms with E-state index in [4.69, 9.17) is 20.8 Å². The van der Waals surface area contributed by atoms with Crippen molar-refractivity contribution in [2.75, 3.05) is 0 Å². The summed E-state index contributed by atoms with van der Waals surface area (Å²) in [5, 5.41) is 1.57. The second-order valence-electron chi connectivity index (χ2n) is 6.18. The molecule has 0 saturated heterocycles. The summed E-state index contributed by atoms with van der Waals surface area (Å²) in [6.45, 7) is 1.80. The van der Waals surface area contributed by atoms with Gasteiger partial charge in [-0.3, -0.25) is 4.79 Å². The minimum atomic E-state index is -0.737. The van der Waals surface area contributed by atoms with Gasteiger partial charge in [0.15, 0.2) is 5.43 Å². The molecular formula is C21H14ClNO4. The average Bonchev–Trinajstić information content (AvgIpc) is 2.66. The zero-order chi connectivity index (χ0) is 19.0. The van der Waals surface area contributed by atoms with Crippen molar-refractivity contribution in [3.8, 4) is 0 Å². The lowest BCUT2D eigenvalue weighted by molar-refractivity contribution is 0.0436. The van der Waals surface area contributed by atoms with Crippen LogP contribution in [0.15, 0.2) is 63.8 Å². The molecule has 4 aromatic rings. The first-order valence-electron chi connectivity index (χ1n) is 8.27. The fourth-order valence-electron chi connectivity index (χ4n) is 2.82. The number of fused-ring (bicyclic) bond motifs is 2. The molecule has 2 heterocycles. The van der Waals surface area contributed by atoms with Crippen LogP contribution >= 0.6 is 11.6 Å². The zero-order valence-electron chi connectivity index (χ0n) is 14.4. The standard InChI is InChI=1S/C21H14ClNO4/c1-12-6-7-18-15(8-12)17(24)10-19(27-18)21(25)26-11-14-9-13-4-2-3-5-16(13)23-20(14)22/h2-10H,11H2,1H3. The monoisotopic (exact) mass is 379 g/mol. The maximum absolute atomic E-state index is 12.3. The number of rotatable bonds is 3. The third-order valence-corrected chi connectivity index (χ3v) is 4.52. The largest absolute Gasteiger partial charge is 0.455 e. The van der Waals surface area contributed by atoms with Crippen LogP contribution in [0.3, 0.4) is 0 Å². The van der Waals surface area contributed by atoms with Gasteiger partial charge in [-0.2, -0.15) is 0 Å². The number of carbonyl (C=O) groups is 1. The molecule has 0 saturated carbocycles. The van der Waals surface area contributed by atoms with E-state index >= 15 is 0 Å². The molecule has 4 rings (SSSR count). The van der Waals surface area contributed by atoms with E-state index in [-0.39, 0.29) is 22.9 Å². The van der Waals surface area contributed by atoms with Crippen LogP contribution in [0.25, 0.3) is 21.9 Å². The molecular weight excluding hydrogens is 366 g/mol. The lowest BCUT2D eigenvalue weighted by Crippen LogP contribution is -2.10. The number of aromatic nitrogens is 1. The number of carbonyl (C=O) groups excluding carboxylic acids is 1. The lowest BCUT2D eigenvalue weighted by Gasteiger charge is -2.08. The molecule has 0 spiro atoms. The quantitative estimate of drug-likeness (QED) is 0.382. The lowest BCUT2D eigenvalue weighted by atomic mass is 10.1. The van der Waals surface area contributed by atoms with Gasteiger partial charge in [-0.1, -0.05) is 41.4 Å². The number of nitrogens with zero attached hydrogens (tertiary/aromatic N) is 1. The van der Waals surface area contributed by atoms with E-state index in [1.165, 1.54) is 0 Å². The van der Waals surface area contributed by atoms with Gasteiger partial charge in [-0.05, 0) is 31.2 Å². The molecule has 0 aliphatic rings. The molecule has 0 atom stereocenters. The summed E-state index contributed by atoms with van der Waals surface area (Å²) in [5.41, 5.74) is 2.31. The minimum Gasteiger partial charge on any atom is -0.455 e. The van der Waals surface area contributed by atoms with Crippen LogP contribution in [0, 0.1) is 6.92 Å². The third-order valence-electron chi connectivity index (χ3n) is 4.19. The Labute approximate surface area is 159 Å². The van der Waals surface area contributed by atoms with Crippen molar-refractivity contribution in [1.82, 2.24) is 4.98 Å². The van der Waals surface area contributed by atoms with Gasteiger partial charge < -0.3 is 9.15 Å². The van der Waals surface area contributed by atoms with Crippen molar-refractivity contribution < 1.29 is 13.9 Å². The smallest absolute Gasteiger partial charge is 0.374 e. The molecule has 2 aromatic heterocycles. The molecule has 2 aromatic carbocycles. The van der Waals surface area contributed by atoms with Gasteiger partial charge >= 0.3 is 5.97 Å². The second kappa shape index (κ2) is 6.85. The number of hydrogen-bond acceptors (Lipinski definition) is 5. The predicted molar refractivity (Wildman–Crippen MR) is 103 cm³/mol. The van der Waals surface area contributed by atoms with Crippen LogP contribution in [0.4, 0.5) is 0 Å². The van der Waals surface area contributed by atoms with Crippen molar-refractivity contribution in [1.29, 1.82) is 0 Å². The highest BCUT2D eigenvalue weighted by Gasteiger charge is 2.15. The van der Waals surface area contributed by atoms with Crippen molar-refractivity contribution in [3.63, 3.8) is 0 Å². The number of benzene rings is 2. The molecule has 0 amide bonds. The number of ether oxygens (including phenoxy) is 1. The summed E-state index contributed by atoms with van der Waals surface area (Å²) in [7, 11) is 0. The minimum absolute atomic E-state index is 0.0782. The maximum Gasteiger partial charge on any atom is 0.374 e. The number of hydrogen-bond donors (Lipinski definition) is 0. The van der Waals surface area contributed by atoms with E-state index < -0.39 is 5.97 Å². The Hall–Kier alpha value is -3.18. The summed E-state index contributed by atoms with van der Waals surface area (Å²) in [4.78, 5) is 28.9. The van der Waals surface area contributed by atoms with Crippen LogP contribution in [0.1, 0.15) is 21.7 Å². The van der Waals surface area contributed by atoms with Crippen molar-refractivity contribution in [3.05, 3.63) is 86.9 Å². The summed E-state index contributed by atoms with van der Waals surface area (Å²) in [6, 6.07) is 15.6. The Morgan fingerprint density at radius 2 is 1.96 bits per heavy atom. The van der Waals surface area contributed by atoms with Gasteiger partial charge in [0, 0.05) is 17.0 Å². The van der Waals surface area contributed by atoms with E-state index in [1.54, 1.807) is 18.2 Å². The first-order valence-corrected chi connectivity index (χ1v) is 8.65. The van der Waals surface area contributed by atoms with Crippen LogP contribution in [0.5, 0.6) is 0 Å². The van der Waals surface area contributed by atoms with E-state index in [1.807, 2.05) is 37.3 Å². The molecule has 0 radical (unpaired) electrons. The van der Waals surface area contributed by atoms with Gasteiger partial charge in [-0.25, -0.2) is 9.78 Å². The van der Waals surface area contributed by atoms with Gasteiger partial charge in [0.25, 0.3) is 0 Å². The molecule has 0 fully saturated rings. The fraction of sp³-hybridized carbons (Fsp3) is 0.0952. The number of esters is 1. The zero-order valence-corrected chi connectivity index (χ0v) is 15.1. The molecule has 5 nitrogen and oxygen atoms in total. The van der Waals surface area contributed by atoms with Crippen LogP contribution in [-0.2, 0) is 11.3 Å². The molecule has 6 heteroatoms. The molecule has 134 valence electrons. The van der Waals surface area contributed by atoms with Crippen LogP contribution < -0.4 is 5.43 Å². The van der Waals surface area contributed by atoms with Crippen LogP contribution in [0.2, 0.25) is 5.15 Å². The Kier molecular flexibility index (Phi) is 4.38. The van der Waals surface area contributed by atoms with Crippen molar-refractivity contribution in [2.24, 2.45) is 0 Å². The topological polar surface area (TPSA) is 69.4 Å². The Morgan fingerprint density at radius 3 is 2.81 bits per heavy atom. The second-order valence-corrected chi connectivity index (χ2v) is 6.54. The Bertz CT molecular complexity index is 1250. The van der Waals surface area contributed by atoms with Gasteiger partial charge in [-0.15, -0.1) is 0 Å². The molecule has 0 aliphatic heterocycles. The highest BCUT2D eigenvalue weighted by molar-refractivity contribution is 6.30. The number of aryl methyl sites for hydroxylation is 1. The van der Waals surface area contributed by atoms with E-state index in [9.17, 15) is 9.59 Å². The van der Waals surface area contributed by atoms with Gasteiger partial charge in [0.05, 0.1) is 10.9 Å². The normalized spacial score (nSPS) is 11.0. The van der Waals surface area contributed by atoms with Crippen LogP contribution in [-0.4, -0.2) is 11.0 Å². The number of para-hydroxylation sites is 1.